The van der Waals surface area contributed by atoms with E-state index in [1.807, 2.05) is 24.3 Å². The highest BCUT2D eigenvalue weighted by Crippen LogP contribution is 2.41. The normalized spacial score (nSPS) is 23.4. The molecular weight excluding hydrogens is 314 g/mol. The third kappa shape index (κ3) is 4.68. The van der Waals surface area contributed by atoms with Crippen molar-refractivity contribution in [1.82, 2.24) is 4.72 Å². The highest BCUT2D eigenvalue weighted by Gasteiger charge is 2.35. The SMILES string of the molecule is COc1ccc([C@H](NS(=O)(=O)C[C@H]2CCCCO2)C2CC2)cc1. The molecule has 1 saturated carbocycles. The van der Waals surface area contributed by atoms with Crippen LogP contribution in [0.3, 0.4) is 0 Å². The van der Waals surface area contributed by atoms with Crippen LogP contribution in [-0.2, 0) is 14.8 Å². The Kier molecular flexibility index (Phi) is 5.24. The van der Waals surface area contributed by atoms with Crippen LogP contribution in [0.25, 0.3) is 0 Å². The van der Waals surface area contributed by atoms with Gasteiger partial charge < -0.3 is 9.47 Å². The Hall–Kier alpha value is -1.11. The van der Waals surface area contributed by atoms with Crippen LogP contribution < -0.4 is 9.46 Å². The molecule has 1 saturated heterocycles. The Morgan fingerprint density at radius 2 is 1.96 bits per heavy atom. The first-order valence-corrected chi connectivity index (χ1v) is 9.98. The van der Waals surface area contributed by atoms with E-state index >= 15 is 0 Å². The molecule has 1 heterocycles. The summed E-state index contributed by atoms with van der Waals surface area (Å²) < 4.78 is 38.7. The standard InChI is InChI=1S/C17H25NO4S/c1-21-15-9-7-14(8-10-15)17(13-5-6-13)18-23(19,20)12-16-4-2-3-11-22-16/h7-10,13,16-18H,2-6,11-12H2,1H3/t16-,17-/m1/s1. The van der Waals surface area contributed by atoms with E-state index in [2.05, 4.69) is 4.72 Å². The van der Waals surface area contributed by atoms with Crippen molar-refractivity contribution in [2.75, 3.05) is 19.5 Å². The predicted molar refractivity (Wildman–Crippen MR) is 89.0 cm³/mol. The van der Waals surface area contributed by atoms with Crippen molar-refractivity contribution in [2.24, 2.45) is 5.92 Å². The lowest BCUT2D eigenvalue weighted by atomic mass is 10.0. The number of nitrogens with one attached hydrogen (secondary N) is 1. The molecule has 2 atom stereocenters. The van der Waals surface area contributed by atoms with Crippen molar-refractivity contribution in [3.05, 3.63) is 29.8 Å². The van der Waals surface area contributed by atoms with E-state index in [-0.39, 0.29) is 17.9 Å². The zero-order valence-corrected chi connectivity index (χ0v) is 14.3. The van der Waals surface area contributed by atoms with Gasteiger partial charge in [-0.3, -0.25) is 0 Å². The Balaban J connectivity index is 1.68. The van der Waals surface area contributed by atoms with Gasteiger partial charge in [-0.05, 0) is 55.7 Å². The van der Waals surface area contributed by atoms with Gasteiger partial charge in [0.2, 0.25) is 10.0 Å². The second-order valence-electron chi connectivity index (χ2n) is 6.48. The van der Waals surface area contributed by atoms with Gasteiger partial charge >= 0.3 is 0 Å². The molecule has 23 heavy (non-hydrogen) atoms. The second kappa shape index (κ2) is 7.20. The van der Waals surface area contributed by atoms with E-state index in [1.165, 1.54) is 0 Å². The molecular formula is C17H25NO4S. The monoisotopic (exact) mass is 339 g/mol. The first-order chi connectivity index (χ1) is 11.1. The van der Waals surface area contributed by atoms with E-state index in [9.17, 15) is 8.42 Å². The fraction of sp³-hybridized carbons (Fsp3) is 0.647. The van der Waals surface area contributed by atoms with Crippen LogP contribution >= 0.6 is 0 Å². The van der Waals surface area contributed by atoms with Crippen molar-refractivity contribution in [3.8, 4) is 5.75 Å². The number of methoxy groups -OCH3 is 1. The van der Waals surface area contributed by atoms with E-state index in [4.69, 9.17) is 9.47 Å². The van der Waals surface area contributed by atoms with Crippen LogP contribution in [0, 0.1) is 5.92 Å². The lowest BCUT2D eigenvalue weighted by molar-refractivity contribution is 0.0303. The molecule has 1 aromatic carbocycles. The average Bonchev–Trinajstić information content (AvgIpc) is 3.38. The Labute approximate surface area is 138 Å². The van der Waals surface area contributed by atoms with Crippen LogP contribution in [-0.4, -0.2) is 34.0 Å². The molecule has 5 nitrogen and oxygen atoms in total. The molecule has 6 heteroatoms. The smallest absolute Gasteiger partial charge is 0.214 e. The fourth-order valence-electron chi connectivity index (χ4n) is 3.10. The lowest BCUT2D eigenvalue weighted by Gasteiger charge is -2.24. The van der Waals surface area contributed by atoms with Gasteiger partial charge in [-0.2, -0.15) is 0 Å². The zero-order valence-electron chi connectivity index (χ0n) is 13.5. The number of hydrogen-bond acceptors (Lipinski definition) is 4. The van der Waals surface area contributed by atoms with E-state index in [0.29, 0.717) is 12.5 Å². The van der Waals surface area contributed by atoms with E-state index in [0.717, 1.165) is 43.4 Å². The van der Waals surface area contributed by atoms with Gasteiger partial charge in [-0.25, -0.2) is 13.1 Å². The Morgan fingerprint density at radius 3 is 2.52 bits per heavy atom. The van der Waals surface area contributed by atoms with Gasteiger partial charge in [0.25, 0.3) is 0 Å². The van der Waals surface area contributed by atoms with Crippen molar-refractivity contribution in [1.29, 1.82) is 0 Å². The van der Waals surface area contributed by atoms with Crippen LogP contribution in [0.4, 0.5) is 0 Å². The van der Waals surface area contributed by atoms with E-state index in [1.54, 1.807) is 7.11 Å². The van der Waals surface area contributed by atoms with Crippen molar-refractivity contribution < 1.29 is 17.9 Å². The third-order valence-corrected chi connectivity index (χ3v) is 5.98. The highest BCUT2D eigenvalue weighted by molar-refractivity contribution is 7.89. The maximum atomic E-state index is 12.5. The molecule has 0 unspecified atom stereocenters. The maximum absolute atomic E-state index is 12.5. The molecule has 0 spiro atoms. The summed E-state index contributed by atoms with van der Waals surface area (Å²) in [4.78, 5) is 0. The average molecular weight is 339 g/mol. The summed E-state index contributed by atoms with van der Waals surface area (Å²) in [5, 5.41) is 0. The number of sulfonamides is 1. The summed E-state index contributed by atoms with van der Waals surface area (Å²) >= 11 is 0. The minimum atomic E-state index is -3.36. The molecule has 2 aliphatic rings. The summed E-state index contributed by atoms with van der Waals surface area (Å²) in [5.74, 6) is 1.24. The minimum absolute atomic E-state index is 0.0619. The van der Waals surface area contributed by atoms with Gasteiger partial charge in [0.1, 0.15) is 5.75 Å². The number of benzene rings is 1. The maximum Gasteiger partial charge on any atom is 0.214 e. The van der Waals surface area contributed by atoms with Gasteiger partial charge in [-0.1, -0.05) is 12.1 Å². The van der Waals surface area contributed by atoms with Crippen molar-refractivity contribution >= 4 is 10.0 Å². The molecule has 1 aliphatic carbocycles. The predicted octanol–water partition coefficient (Wildman–Crippen LogP) is 2.63. The molecule has 0 amide bonds. The van der Waals surface area contributed by atoms with Crippen LogP contribution in [0.1, 0.15) is 43.7 Å². The number of rotatable bonds is 7. The minimum Gasteiger partial charge on any atom is -0.497 e. The first kappa shape index (κ1) is 16.7. The molecule has 1 N–H and O–H groups in total. The summed E-state index contributed by atoms with van der Waals surface area (Å²) in [6.45, 7) is 0.671. The van der Waals surface area contributed by atoms with Crippen LogP contribution in [0.15, 0.2) is 24.3 Å². The summed E-state index contributed by atoms with van der Waals surface area (Å²) in [7, 11) is -1.73. The van der Waals surface area contributed by atoms with E-state index < -0.39 is 10.0 Å². The van der Waals surface area contributed by atoms with Gasteiger partial charge in [-0.15, -0.1) is 0 Å². The fourth-order valence-corrected chi connectivity index (χ4v) is 4.67. The molecule has 0 aromatic heterocycles. The molecule has 0 radical (unpaired) electrons. The van der Waals surface area contributed by atoms with Gasteiger partial charge in [0.15, 0.2) is 0 Å². The zero-order chi connectivity index (χ0) is 16.3. The van der Waals surface area contributed by atoms with Gasteiger partial charge in [0, 0.05) is 12.6 Å². The first-order valence-electron chi connectivity index (χ1n) is 8.33. The largest absolute Gasteiger partial charge is 0.497 e. The quantitative estimate of drug-likeness (QED) is 0.829. The number of hydrogen-bond donors (Lipinski definition) is 1. The lowest BCUT2D eigenvalue weighted by Crippen LogP contribution is -2.37. The van der Waals surface area contributed by atoms with Gasteiger partial charge in [0.05, 0.1) is 19.0 Å². The molecule has 128 valence electrons. The third-order valence-electron chi connectivity index (χ3n) is 4.55. The molecule has 0 bridgehead atoms. The highest BCUT2D eigenvalue weighted by atomic mass is 32.2. The molecule has 1 aliphatic heterocycles. The second-order valence-corrected chi connectivity index (χ2v) is 8.27. The summed E-state index contributed by atoms with van der Waals surface area (Å²) in [6.07, 6.45) is 4.87. The van der Waals surface area contributed by atoms with Crippen molar-refractivity contribution in [3.63, 3.8) is 0 Å². The van der Waals surface area contributed by atoms with Crippen LogP contribution in [0.2, 0.25) is 0 Å². The number of ether oxygens (including phenoxy) is 2. The van der Waals surface area contributed by atoms with Crippen molar-refractivity contribution in [2.45, 2.75) is 44.2 Å². The molecule has 3 rings (SSSR count). The topological polar surface area (TPSA) is 64.6 Å². The van der Waals surface area contributed by atoms with Crippen LogP contribution in [0.5, 0.6) is 5.75 Å². The summed E-state index contributed by atoms with van der Waals surface area (Å²) in [6, 6.07) is 7.50. The molecule has 1 aromatic rings. The Morgan fingerprint density at radius 1 is 1.22 bits per heavy atom. The molecule has 2 fully saturated rings. The summed E-state index contributed by atoms with van der Waals surface area (Å²) in [5.41, 5.74) is 1.00. The Bertz CT molecular complexity index is 604.